The van der Waals surface area contributed by atoms with Crippen molar-refractivity contribution in [3.8, 4) is 0 Å². The number of amides is 2. The molecule has 2 saturated heterocycles. The van der Waals surface area contributed by atoms with Crippen molar-refractivity contribution < 1.29 is 14.3 Å². The minimum absolute atomic E-state index is 0.0987. The predicted molar refractivity (Wildman–Crippen MR) is 83.3 cm³/mol. The van der Waals surface area contributed by atoms with E-state index in [0.29, 0.717) is 19.7 Å². The van der Waals surface area contributed by atoms with E-state index in [1.54, 1.807) is 0 Å². The lowest BCUT2D eigenvalue weighted by Gasteiger charge is -2.36. The lowest BCUT2D eigenvalue weighted by atomic mass is 9.88. The van der Waals surface area contributed by atoms with Crippen LogP contribution in [-0.2, 0) is 14.3 Å². The number of morpholine rings is 1. The van der Waals surface area contributed by atoms with Crippen LogP contribution in [0.2, 0.25) is 0 Å². The summed E-state index contributed by atoms with van der Waals surface area (Å²) in [6, 6.07) is -0.222. The van der Waals surface area contributed by atoms with Crippen molar-refractivity contribution in [3.05, 3.63) is 0 Å². The third-order valence-electron chi connectivity index (χ3n) is 5.33. The molecule has 0 radical (unpaired) electrons. The van der Waals surface area contributed by atoms with E-state index < -0.39 is 0 Å². The second-order valence-electron chi connectivity index (χ2n) is 6.99. The smallest absolute Gasteiger partial charge is 0.245 e. The monoisotopic (exact) mass is 308 g/mol. The lowest BCUT2D eigenvalue weighted by molar-refractivity contribution is -0.150. The van der Waals surface area contributed by atoms with Crippen LogP contribution in [0.3, 0.4) is 0 Å². The summed E-state index contributed by atoms with van der Waals surface area (Å²) in [5, 5.41) is 0. The number of rotatable bonds is 2. The molecular formula is C17H28N2O3. The quantitative estimate of drug-likeness (QED) is 0.781. The minimum atomic E-state index is -0.222. The number of hydrogen-bond donors (Lipinski definition) is 0. The summed E-state index contributed by atoms with van der Waals surface area (Å²) in [4.78, 5) is 29.4. The van der Waals surface area contributed by atoms with E-state index in [-0.39, 0.29) is 29.9 Å². The highest BCUT2D eigenvalue weighted by Gasteiger charge is 2.39. The highest BCUT2D eigenvalue weighted by atomic mass is 16.5. The van der Waals surface area contributed by atoms with Crippen LogP contribution in [0.1, 0.15) is 51.9 Å². The van der Waals surface area contributed by atoms with Crippen LogP contribution >= 0.6 is 0 Å². The van der Waals surface area contributed by atoms with E-state index >= 15 is 0 Å². The van der Waals surface area contributed by atoms with Gasteiger partial charge in [-0.2, -0.15) is 0 Å². The summed E-state index contributed by atoms with van der Waals surface area (Å²) < 4.78 is 5.52. The van der Waals surface area contributed by atoms with Crippen LogP contribution in [0.4, 0.5) is 0 Å². The van der Waals surface area contributed by atoms with Crippen molar-refractivity contribution in [3.63, 3.8) is 0 Å². The van der Waals surface area contributed by atoms with Gasteiger partial charge in [0.15, 0.2) is 0 Å². The molecule has 3 fully saturated rings. The fourth-order valence-electron chi connectivity index (χ4n) is 4.10. The predicted octanol–water partition coefficient (Wildman–Crippen LogP) is 1.80. The molecule has 2 aliphatic heterocycles. The zero-order valence-corrected chi connectivity index (χ0v) is 13.6. The first-order valence-electron chi connectivity index (χ1n) is 8.87. The van der Waals surface area contributed by atoms with Gasteiger partial charge in [-0.25, -0.2) is 0 Å². The number of nitrogens with zero attached hydrogens (tertiary/aromatic N) is 2. The summed E-state index contributed by atoms with van der Waals surface area (Å²) in [5.74, 6) is 0.527. The molecule has 2 amide bonds. The highest BCUT2D eigenvalue weighted by Crippen LogP contribution is 2.29. The second kappa shape index (κ2) is 6.99. The number of ether oxygens (including phenoxy) is 1. The first-order valence-corrected chi connectivity index (χ1v) is 8.87. The Bertz CT molecular complexity index is 420. The molecule has 3 rings (SSSR count). The van der Waals surface area contributed by atoms with Gasteiger partial charge in [0.1, 0.15) is 6.04 Å². The molecule has 0 bridgehead atoms. The third-order valence-corrected chi connectivity index (χ3v) is 5.33. The second-order valence-corrected chi connectivity index (χ2v) is 6.99. The summed E-state index contributed by atoms with van der Waals surface area (Å²) >= 11 is 0. The minimum Gasteiger partial charge on any atom is -0.375 e. The lowest BCUT2D eigenvalue weighted by Crippen LogP contribution is -2.53. The maximum Gasteiger partial charge on any atom is 0.245 e. The molecule has 0 spiro atoms. The van der Waals surface area contributed by atoms with Crippen molar-refractivity contribution in [2.45, 2.75) is 64.0 Å². The molecule has 124 valence electrons. The Labute approximate surface area is 133 Å². The van der Waals surface area contributed by atoms with Crippen molar-refractivity contribution in [2.24, 2.45) is 5.92 Å². The SMILES string of the molecule is CC1CN(C(=O)C2CCCN2C(=O)C2CCCCC2)CCO1. The van der Waals surface area contributed by atoms with Gasteiger partial charge in [0.2, 0.25) is 11.8 Å². The summed E-state index contributed by atoms with van der Waals surface area (Å²) in [7, 11) is 0. The average Bonchev–Trinajstić information content (AvgIpc) is 3.04. The van der Waals surface area contributed by atoms with Crippen molar-refractivity contribution in [1.82, 2.24) is 9.80 Å². The fraction of sp³-hybridized carbons (Fsp3) is 0.882. The van der Waals surface area contributed by atoms with Gasteiger partial charge in [-0.15, -0.1) is 0 Å². The Balaban J connectivity index is 1.64. The Morgan fingerprint density at radius 1 is 0.955 bits per heavy atom. The van der Waals surface area contributed by atoms with Crippen LogP contribution in [0.25, 0.3) is 0 Å². The molecule has 5 nitrogen and oxygen atoms in total. The molecule has 2 atom stereocenters. The van der Waals surface area contributed by atoms with Crippen molar-refractivity contribution >= 4 is 11.8 Å². The molecule has 5 heteroatoms. The van der Waals surface area contributed by atoms with Gasteiger partial charge in [-0.1, -0.05) is 19.3 Å². The van der Waals surface area contributed by atoms with Gasteiger partial charge in [0, 0.05) is 25.6 Å². The Hall–Kier alpha value is -1.10. The number of hydrogen-bond acceptors (Lipinski definition) is 3. The van der Waals surface area contributed by atoms with E-state index in [9.17, 15) is 9.59 Å². The van der Waals surface area contributed by atoms with E-state index in [1.807, 2.05) is 16.7 Å². The zero-order valence-electron chi connectivity index (χ0n) is 13.6. The summed E-state index contributed by atoms with van der Waals surface area (Å²) in [5.41, 5.74) is 0. The highest BCUT2D eigenvalue weighted by molar-refractivity contribution is 5.89. The summed E-state index contributed by atoms with van der Waals surface area (Å²) in [6.45, 7) is 4.67. The van der Waals surface area contributed by atoms with Gasteiger partial charge < -0.3 is 14.5 Å². The van der Waals surface area contributed by atoms with Crippen molar-refractivity contribution in [2.75, 3.05) is 26.2 Å². The van der Waals surface area contributed by atoms with Gasteiger partial charge in [0.05, 0.1) is 12.7 Å². The molecule has 0 aromatic heterocycles. The zero-order chi connectivity index (χ0) is 15.5. The standard InChI is InChI=1S/C17H28N2O3/c1-13-12-18(10-11-22-13)17(21)15-8-5-9-19(15)16(20)14-6-3-2-4-7-14/h13-15H,2-12H2,1H3. The first kappa shape index (κ1) is 15.8. The average molecular weight is 308 g/mol. The molecule has 1 aliphatic carbocycles. The van der Waals surface area contributed by atoms with Crippen molar-refractivity contribution in [1.29, 1.82) is 0 Å². The van der Waals surface area contributed by atoms with Gasteiger partial charge >= 0.3 is 0 Å². The van der Waals surface area contributed by atoms with Crippen LogP contribution in [-0.4, -0.2) is 60.0 Å². The van der Waals surface area contributed by atoms with Crippen LogP contribution in [0.15, 0.2) is 0 Å². The Morgan fingerprint density at radius 2 is 1.73 bits per heavy atom. The molecule has 0 aromatic carbocycles. The van der Waals surface area contributed by atoms with E-state index in [0.717, 1.165) is 45.1 Å². The number of likely N-dealkylation sites (tertiary alicyclic amines) is 1. The molecule has 3 aliphatic rings. The van der Waals surface area contributed by atoms with Crippen LogP contribution in [0.5, 0.6) is 0 Å². The molecule has 2 heterocycles. The molecule has 2 unspecified atom stereocenters. The van der Waals surface area contributed by atoms with E-state index in [4.69, 9.17) is 4.74 Å². The Kier molecular flexibility index (Phi) is 5.01. The van der Waals surface area contributed by atoms with Crippen LogP contribution in [0, 0.1) is 5.92 Å². The van der Waals surface area contributed by atoms with Gasteiger partial charge in [-0.05, 0) is 32.6 Å². The van der Waals surface area contributed by atoms with Gasteiger partial charge in [-0.3, -0.25) is 9.59 Å². The van der Waals surface area contributed by atoms with Gasteiger partial charge in [0.25, 0.3) is 0 Å². The van der Waals surface area contributed by atoms with E-state index in [2.05, 4.69) is 0 Å². The molecule has 0 N–H and O–H groups in total. The number of carbonyl (C=O) groups is 2. The molecule has 22 heavy (non-hydrogen) atoms. The molecular weight excluding hydrogens is 280 g/mol. The first-order chi connectivity index (χ1) is 10.7. The maximum atomic E-state index is 12.8. The fourth-order valence-corrected chi connectivity index (χ4v) is 4.10. The molecule has 1 saturated carbocycles. The number of carbonyl (C=O) groups excluding carboxylic acids is 2. The topological polar surface area (TPSA) is 49.9 Å². The van der Waals surface area contributed by atoms with E-state index in [1.165, 1.54) is 6.42 Å². The largest absolute Gasteiger partial charge is 0.375 e. The summed E-state index contributed by atoms with van der Waals surface area (Å²) in [6.07, 6.45) is 7.44. The third kappa shape index (κ3) is 3.29. The van der Waals surface area contributed by atoms with Crippen LogP contribution < -0.4 is 0 Å². The molecule has 0 aromatic rings. The Morgan fingerprint density at radius 3 is 2.45 bits per heavy atom. The maximum absolute atomic E-state index is 12.8. The normalized spacial score (nSPS) is 30.6.